The summed E-state index contributed by atoms with van der Waals surface area (Å²) in [6.07, 6.45) is -4.35. The average Bonchev–Trinajstić information content (AvgIpc) is 3.74. The summed E-state index contributed by atoms with van der Waals surface area (Å²) in [5.41, 5.74) is -1.17. The molecule has 1 aliphatic carbocycles. The Kier molecular flexibility index (Phi) is 10.0. The highest BCUT2D eigenvalue weighted by Gasteiger charge is 2.52. The largest absolute Gasteiger partial charge is 0.464 e. The number of benzene rings is 2. The third-order valence-electron chi connectivity index (χ3n) is 7.25. The molecule has 2 fully saturated rings. The Morgan fingerprint density at radius 3 is 2.35 bits per heavy atom. The van der Waals surface area contributed by atoms with E-state index in [-0.39, 0.29) is 24.4 Å². The highest BCUT2D eigenvalue weighted by molar-refractivity contribution is 6.31. The quantitative estimate of drug-likeness (QED) is 0.256. The number of esters is 1. The smallest absolute Gasteiger partial charge is 0.390 e. The maximum Gasteiger partial charge on any atom is 0.390 e. The first-order valence-electron chi connectivity index (χ1n) is 13.7. The van der Waals surface area contributed by atoms with Crippen molar-refractivity contribution >= 4 is 40.9 Å². The predicted molar refractivity (Wildman–Crippen MR) is 149 cm³/mol. The van der Waals surface area contributed by atoms with Crippen molar-refractivity contribution in [3.8, 4) is 0 Å². The SMILES string of the molecule is CCOC(=O)C1(NC(=O)NCc2ccc(C(=O)Nc3ccc(Cl)cc3N3CCN(CCC(F)(F)F)CC3)c(F)c2F)CC1. The van der Waals surface area contributed by atoms with Crippen LogP contribution in [0.5, 0.6) is 0 Å². The zero-order chi connectivity index (χ0) is 31.4. The molecule has 0 atom stereocenters. The highest BCUT2D eigenvalue weighted by Crippen LogP contribution is 2.36. The van der Waals surface area contributed by atoms with E-state index in [2.05, 4.69) is 16.0 Å². The Labute approximate surface area is 249 Å². The lowest BCUT2D eigenvalue weighted by Gasteiger charge is -2.37. The molecule has 1 saturated heterocycles. The van der Waals surface area contributed by atoms with Gasteiger partial charge in [0.2, 0.25) is 0 Å². The number of carbonyl (C=O) groups excluding carboxylic acids is 3. The molecule has 0 spiro atoms. The number of urea groups is 1. The van der Waals surface area contributed by atoms with Gasteiger partial charge >= 0.3 is 18.2 Å². The van der Waals surface area contributed by atoms with Gasteiger partial charge in [-0.05, 0) is 44.0 Å². The third-order valence-corrected chi connectivity index (χ3v) is 7.48. The minimum Gasteiger partial charge on any atom is -0.464 e. The van der Waals surface area contributed by atoms with Gasteiger partial charge in [0.05, 0.1) is 30.0 Å². The molecule has 2 aromatic carbocycles. The van der Waals surface area contributed by atoms with Crippen LogP contribution >= 0.6 is 11.6 Å². The number of anilines is 2. The molecule has 0 radical (unpaired) electrons. The Morgan fingerprint density at radius 1 is 1.02 bits per heavy atom. The topological polar surface area (TPSA) is 103 Å². The van der Waals surface area contributed by atoms with E-state index in [0.717, 1.165) is 12.1 Å². The number of piperazine rings is 1. The van der Waals surface area contributed by atoms with Crippen molar-refractivity contribution in [2.24, 2.45) is 0 Å². The second-order valence-corrected chi connectivity index (χ2v) is 10.8. The van der Waals surface area contributed by atoms with Crippen LogP contribution in [-0.2, 0) is 16.1 Å². The van der Waals surface area contributed by atoms with Gasteiger partial charge in [-0.2, -0.15) is 13.2 Å². The number of hydrogen-bond donors (Lipinski definition) is 3. The number of amides is 3. The van der Waals surface area contributed by atoms with Crippen LogP contribution in [0.15, 0.2) is 30.3 Å². The van der Waals surface area contributed by atoms with E-state index >= 15 is 0 Å². The van der Waals surface area contributed by atoms with Gasteiger partial charge in [0, 0.05) is 49.9 Å². The molecule has 0 unspecified atom stereocenters. The van der Waals surface area contributed by atoms with Crippen LogP contribution in [0.2, 0.25) is 5.02 Å². The van der Waals surface area contributed by atoms with Crippen LogP contribution in [0.1, 0.15) is 42.1 Å². The van der Waals surface area contributed by atoms with E-state index in [0.29, 0.717) is 49.7 Å². The van der Waals surface area contributed by atoms with Crippen LogP contribution in [0.4, 0.5) is 38.1 Å². The summed E-state index contributed by atoms with van der Waals surface area (Å²) in [5, 5.41) is 7.79. The van der Waals surface area contributed by atoms with Crippen molar-refractivity contribution in [2.45, 2.75) is 44.4 Å². The summed E-state index contributed by atoms with van der Waals surface area (Å²) in [7, 11) is 0. The van der Waals surface area contributed by atoms with Gasteiger partial charge in [0.15, 0.2) is 11.6 Å². The number of rotatable bonds is 10. The molecule has 1 heterocycles. The molecular weight excluding hydrogens is 601 g/mol. The molecule has 9 nitrogen and oxygen atoms in total. The van der Waals surface area contributed by atoms with E-state index in [4.69, 9.17) is 16.3 Å². The number of ether oxygens (including phenoxy) is 1. The third kappa shape index (κ3) is 8.25. The monoisotopic (exact) mass is 631 g/mol. The zero-order valence-electron chi connectivity index (χ0n) is 23.3. The molecule has 1 aliphatic heterocycles. The molecular formula is C28H31ClF5N5O4. The van der Waals surface area contributed by atoms with Gasteiger partial charge in [-0.3, -0.25) is 9.69 Å². The highest BCUT2D eigenvalue weighted by atomic mass is 35.5. The van der Waals surface area contributed by atoms with Crippen molar-refractivity contribution in [3.05, 3.63) is 58.1 Å². The van der Waals surface area contributed by atoms with Gasteiger partial charge in [0.25, 0.3) is 5.91 Å². The minimum absolute atomic E-state index is 0.119. The van der Waals surface area contributed by atoms with Gasteiger partial charge in [0.1, 0.15) is 5.54 Å². The average molecular weight is 632 g/mol. The Morgan fingerprint density at radius 2 is 1.72 bits per heavy atom. The number of alkyl halides is 3. The number of carbonyl (C=O) groups is 3. The Bertz CT molecular complexity index is 1360. The minimum atomic E-state index is -4.25. The van der Waals surface area contributed by atoms with Gasteiger partial charge in [-0.25, -0.2) is 18.4 Å². The molecule has 0 bridgehead atoms. The molecule has 2 aromatic rings. The first-order chi connectivity index (χ1) is 20.3. The van der Waals surface area contributed by atoms with E-state index in [1.54, 1.807) is 17.9 Å². The van der Waals surface area contributed by atoms with Crippen molar-refractivity contribution in [2.75, 3.05) is 49.5 Å². The Hall–Kier alpha value is -3.65. The van der Waals surface area contributed by atoms with Crippen molar-refractivity contribution in [1.29, 1.82) is 0 Å². The Balaban J connectivity index is 1.38. The summed E-state index contributed by atoms with van der Waals surface area (Å²) >= 11 is 6.16. The second-order valence-electron chi connectivity index (χ2n) is 10.3. The zero-order valence-corrected chi connectivity index (χ0v) is 24.0. The molecule has 4 rings (SSSR count). The lowest BCUT2D eigenvalue weighted by Crippen LogP contribution is -2.48. The van der Waals surface area contributed by atoms with Gasteiger partial charge < -0.3 is 25.6 Å². The number of halogens is 6. The van der Waals surface area contributed by atoms with Gasteiger partial charge in [-0.15, -0.1) is 0 Å². The van der Waals surface area contributed by atoms with E-state index in [1.165, 1.54) is 12.1 Å². The first-order valence-corrected chi connectivity index (χ1v) is 14.0. The molecule has 1 saturated carbocycles. The molecule has 234 valence electrons. The van der Waals surface area contributed by atoms with Crippen LogP contribution in [-0.4, -0.2) is 73.9 Å². The summed E-state index contributed by atoms with van der Waals surface area (Å²) in [5.74, 6) is -4.25. The summed E-state index contributed by atoms with van der Waals surface area (Å²) in [4.78, 5) is 40.8. The van der Waals surface area contributed by atoms with Crippen molar-refractivity contribution in [3.63, 3.8) is 0 Å². The second kappa shape index (κ2) is 13.3. The lowest BCUT2D eigenvalue weighted by molar-refractivity contribution is -0.146. The van der Waals surface area contributed by atoms with Crippen LogP contribution in [0, 0.1) is 11.6 Å². The number of nitrogens with zero attached hydrogens (tertiary/aromatic N) is 2. The molecule has 15 heteroatoms. The fourth-order valence-electron chi connectivity index (χ4n) is 4.67. The summed E-state index contributed by atoms with van der Waals surface area (Å²) < 4.78 is 72.6. The maximum atomic E-state index is 15.0. The molecule has 2 aliphatic rings. The summed E-state index contributed by atoms with van der Waals surface area (Å²) in [6, 6.07) is 6.06. The molecule has 43 heavy (non-hydrogen) atoms. The fourth-order valence-corrected chi connectivity index (χ4v) is 4.84. The molecule has 3 amide bonds. The molecule has 0 aromatic heterocycles. The van der Waals surface area contributed by atoms with E-state index in [9.17, 15) is 36.3 Å². The predicted octanol–water partition coefficient (Wildman–Crippen LogP) is 4.84. The van der Waals surface area contributed by atoms with Crippen LogP contribution in [0.25, 0.3) is 0 Å². The van der Waals surface area contributed by atoms with Crippen LogP contribution < -0.4 is 20.9 Å². The molecule has 3 N–H and O–H groups in total. The van der Waals surface area contributed by atoms with Crippen molar-refractivity contribution in [1.82, 2.24) is 15.5 Å². The number of nitrogens with one attached hydrogen (secondary N) is 3. The normalized spacial score (nSPS) is 16.4. The standard InChI is InChI=1S/C28H31ClF5N5O4/c1-2-43-25(41)27(7-8-27)37-26(42)35-16-17-3-5-19(23(31)22(17)30)24(40)36-20-6-4-18(29)15-21(20)39-13-11-38(12-14-39)10-9-28(32,33)34/h3-6,15H,2,7-14,16H2,1H3,(H,36,40)(H2,35,37,42). The maximum absolute atomic E-state index is 15.0. The van der Waals surface area contributed by atoms with Gasteiger partial charge in [-0.1, -0.05) is 17.7 Å². The van der Waals surface area contributed by atoms with Crippen molar-refractivity contribution < 1.29 is 41.1 Å². The fraction of sp³-hybridized carbons (Fsp3) is 0.464. The van der Waals surface area contributed by atoms with E-state index < -0.39 is 59.8 Å². The lowest BCUT2D eigenvalue weighted by atomic mass is 10.1. The summed E-state index contributed by atoms with van der Waals surface area (Å²) in [6.45, 7) is 2.69. The number of hydrogen-bond acceptors (Lipinski definition) is 6. The first kappa shape index (κ1) is 32.3. The van der Waals surface area contributed by atoms with E-state index in [1.807, 2.05) is 4.90 Å². The van der Waals surface area contributed by atoms with Crippen LogP contribution in [0.3, 0.4) is 0 Å².